The van der Waals surface area contributed by atoms with Gasteiger partial charge in [-0.3, -0.25) is 0 Å². The number of phenolic OH excluding ortho intramolecular Hbond substituents is 2. The van der Waals surface area contributed by atoms with Gasteiger partial charge in [0.15, 0.2) is 11.3 Å². The average Bonchev–Trinajstić information content (AvgIpc) is 3.03. The Morgan fingerprint density at radius 1 is 1.21 bits per heavy atom. The van der Waals surface area contributed by atoms with Crippen molar-refractivity contribution in [3.05, 3.63) is 58.7 Å². The van der Waals surface area contributed by atoms with Crippen molar-refractivity contribution in [2.24, 2.45) is 0 Å². The summed E-state index contributed by atoms with van der Waals surface area (Å²) >= 11 is 0. The van der Waals surface area contributed by atoms with Crippen molar-refractivity contribution >= 4 is 21.8 Å². The number of aryl methyl sites for hydroxylation is 1. The fourth-order valence-electron chi connectivity index (χ4n) is 3.40. The molecule has 1 unspecified atom stereocenters. The molecule has 0 radical (unpaired) electrons. The molecule has 0 aliphatic carbocycles. The number of methoxy groups -OCH3 is 1. The van der Waals surface area contributed by atoms with Crippen LogP contribution < -0.4 is 4.74 Å². The zero-order valence-electron chi connectivity index (χ0n) is 16.2. The number of hydrogen-bond acceptors (Lipinski definition) is 5. The maximum atomic E-state index is 12.4. The van der Waals surface area contributed by atoms with Crippen LogP contribution in [0.15, 0.2) is 45.6 Å². The number of phenols is 2. The molecule has 5 nitrogen and oxygen atoms in total. The first-order valence-electron chi connectivity index (χ1n) is 9.07. The molecular formula is C22H24O5S. The lowest BCUT2D eigenvalue weighted by atomic mass is 10.0. The van der Waals surface area contributed by atoms with E-state index in [0.29, 0.717) is 29.6 Å². The molecule has 3 aromatic rings. The maximum absolute atomic E-state index is 12.4. The van der Waals surface area contributed by atoms with E-state index in [2.05, 4.69) is 6.58 Å². The largest absolute Gasteiger partial charge is 0.507 e. The van der Waals surface area contributed by atoms with Crippen molar-refractivity contribution < 1.29 is 23.6 Å². The summed E-state index contributed by atoms with van der Waals surface area (Å²) in [5.74, 6) is 1.22. The molecular weight excluding hydrogens is 376 g/mol. The summed E-state index contributed by atoms with van der Waals surface area (Å²) in [6, 6.07) is 7.61. The Morgan fingerprint density at radius 3 is 2.46 bits per heavy atom. The van der Waals surface area contributed by atoms with Crippen LogP contribution in [0, 0.1) is 6.92 Å². The normalized spacial score (nSPS) is 12.2. The average molecular weight is 400 g/mol. The topological polar surface area (TPSA) is 79.9 Å². The Hall–Kier alpha value is -2.73. The summed E-state index contributed by atoms with van der Waals surface area (Å²) in [6.07, 6.45) is 1.71. The molecule has 0 amide bonds. The van der Waals surface area contributed by atoms with E-state index >= 15 is 0 Å². The van der Waals surface area contributed by atoms with Gasteiger partial charge in [-0.15, -0.1) is 0 Å². The summed E-state index contributed by atoms with van der Waals surface area (Å²) in [5.41, 5.74) is 2.40. The summed E-state index contributed by atoms with van der Waals surface area (Å²) in [6.45, 7) is 7.36. The van der Waals surface area contributed by atoms with Crippen LogP contribution >= 0.6 is 0 Å². The predicted octanol–water partition coefficient (Wildman–Crippen LogP) is 4.96. The monoisotopic (exact) mass is 400 g/mol. The van der Waals surface area contributed by atoms with Crippen LogP contribution in [0.5, 0.6) is 17.2 Å². The number of ether oxygens (including phenoxy) is 1. The van der Waals surface area contributed by atoms with Crippen molar-refractivity contribution in [1.82, 2.24) is 0 Å². The van der Waals surface area contributed by atoms with Gasteiger partial charge in [-0.2, -0.15) is 0 Å². The van der Waals surface area contributed by atoms with Crippen LogP contribution in [0.3, 0.4) is 0 Å². The highest BCUT2D eigenvalue weighted by molar-refractivity contribution is 7.88. The van der Waals surface area contributed by atoms with Crippen LogP contribution in [0.4, 0.5) is 0 Å². The second kappa shape index (κ2) is 8.10. The molecule has 0 saturated carbocycles. The minimum Gasteiger partial charge on any atom is -0.507 e. The van der Waals surface area contributed by atoms with E-state index in [9.17, 15) is 14.4 Å². The van der Waals surface area contributed by atoms with Gasteiger partial charge in [0.05, 0.1) is 28.2 Å². The van der Waals surface area contributed by atoms with Gasteiger partial charge in [-0.05, 0) is 31.0 Å². The van der Waals surface area contributed by atoms with E-state index in [0.717, 1.165) is 23.3 Å². The second-order valence-electron chi connectivity index (χ2n) is 6.60. The quantitative estimate of drug-likeness (QED) is 0.548. The molecule has 0 aliphatic rings. The van der Waals surface area contributed by atoms with Gasteiger partial charge in [0.25, 0.3) is 0 Å². The molecule has 0 fully saturated rings. The van der Waals surface area contributed by atoms with Gasteiger partial charge in [-0.25, -0.2) is 4.21 Å². The lowest BCUT2D eigenvalue weighted by Crippen LogP contribution is -1.98. The first-order chi connectivity index (χ1) is 13.4. The van der Waals surface area contributed by atoms with Crippen LogP contribution in [0.1, 0.15) is 35.8 Å². The molecule has 0 spiro atoms. The Labute approximate surface area is 166 Å². The Kier molecular flexibility index (Phi) is 5.79. The summed E-state index contributed by atoms with van der Waals surface area (Å²) < 4.78 is 23.5. The van der Waals surface area contributed by atoms with Gasteiger partial charge < -0.3 is 19.4 Å². The Balaban J connectivity index is 2.18. The molecule has 1 aromatic heterocycles. The van der Waals surface area contributed by atoms with E-state index in [1.54, 1.807) is 7.11 Å². The molecule has 148 valence electrons. The minimum atomic E-state index is -1.64. The Morgan fingerprint density at radius 2 is 1.89 bits per heavy atom. The van der Waals surface area contributed by atoms with E-state index in [-0.39, 0.29) is 22.0 Å². The van der Waals surface area contributed by atoms with Gasteiger partial charge in [0.2, 0.25) is 0 Å². The Bertz CT molecular complexity index is 1050. The smallest absolute Gasteiger partial charge is 0.181 e. The van der Waals surface area contributed by atoms with Gasteiger partial charge >= 0.3 is 0 Å². The van der Waals surface area contributed by atoms with Gasteiger partial charge in [0, 0.05) is 23.0 Å². The predicted molar refractivity (Wildman–Crippen MR) is 111 cm³/mol. The highest BCUT2D eigenvalue weighted by Gasteiger charge is 2.26. The molecule has 3 rings (SSSR count). The third-order valence-corrected chi connectivity index (χ3v) is 5.99. The SMILES string of the molecule is C=CS(=O)c1c(CCC)c(O)c2c(C)c(Cc3ccc(OC)cc3)oc2c1O. The van der Waals surface area contributed by atoms with Gasteiger partial charge in [0.1, 0.15) is 17.3 Å². The van der Waals surface area contributed by atoms with Crippen molar-refractivity contribution in [2.45, 2.75) is 38.0 Å². The number of benzene rings is 2. The van der Waals surface area contributed by atoms with Crippen molar-refractivity contribution in [2.75, 3.05) is 7.11 Å². The third kappa shape index (κ3) is 3.40. The number of rotatable bonds is 7. The van der Waals surface area contributed by atoms with E-state index in [1.165, 1.54) is 5.41 Å². The molecule has 1 atom stereocenters. The zero-order chi connectivity index (χ0) is 20.4. The van der Waals surface area contributed by atoms with E-state index in [1.807, 2.05) is 38.1 Å². The molecule has 0 saturated heterocycles. The number of aromatic hydroxyl groups is 2. The van der Waals surface area contributed by atoms with Crippen molar-refractivity contribution in [1.29, 1.82) is 0 Å². The number of fused-ring (bicyclic) bond motifs is 1. The first-order valence-corrected chi connectivity index (χ1v) is 10.3. The van der Waals surface area contributed by atoms with Crippen LogP contribution in [-0.4, -0.2) is 21.5 Å². The molecule has 2 aromatic carbocycles. The van der Waals surface area contributed by atoms with E-state index in [4.69, 9.17) is 9.15 Å². The fourth-order valence-corrected chi connectivity index (χ4v) is 4.29. The highest BCUT2D eigenvalue weighted by atomic mass is 32.2. The molecule has 2 N–H and O–H groups in total. The molecule has 0 aliphatic heterocycles. The molecule has 6 heteroatoms. The molecule has 28 heavy (non-hydrogen) atoms. The van der Waals surface area contributed by atoms with Crippen molar-refractivity contribution in [3.63, 3.8) is 0 Å². The zero-order valence-corrected chi connectivity index (χ0v) is 17.1. The molecule has 1 heterocycles. The van der Waals surface area contributed by atoms with E-state index < -0.39 is 10.8 Å². The molecule has 0 bridgehead atoms. The summed E-state index contributed by atoms with van der Waals surface area (Å²) in [7, 11) is -0.0266. The lowest BCUT2D eigenvalue weighted by molar-refractivity contribution is 0.414. The minimum absolute atomic E-state index is 0.0158. The maximum Gasteiger partial charge on any atom is 0.181 e. The number of furan rings is 1. The van der Waals surface area contributed by atoms with Crippen LogP contribution in [0.2, 0.25) is 0 Å². The van der Waals surface area contributed by atoms with Crippen molar-refractivity contribution in [3.8, 4) is 17.2 Å². The summed E-state index contributed by atoms with van der Waals surface area (Å²) in [4.78, 5) is 0.173. The first kappa shape index (κ1) is 20.0. The van der Waals surface area contributed by atoms with Crippen LogP contribution in [0.25, 0.3) is 11.0 Å². The third-order valence-electron chi connectivity index (χ3n) is 4.85. The number of hydrogen-bond donors (Lipinski definition) is 2. The van der Waals surface area contributed by atoms with Gasteiger partial charge in [-0.1, -0.05) is 32.1 Å². The standard InChI is InChI=1S/C22H24O5S/c1-5-7-16-19(23)18-13(3)17(12-14-8-10-15(26-4)11-9-14)27-21(18)20(24)22(16)28(25)6-2/h6,8-11,23-24H,2,5,7,12H2,1,3-4H3. The second-order valence-corrected chi connectivity index (χ2v) is 7.93. The summed E-state index contributed by atoms with van der Waals surface area (Å²) in [5, 5.41) is 23.4. The highest BCUT2D eigenvalue weighted by Crippen LogP contribution is 2.46. The fraction of sp³-hybridized carbons (Fsp3) is 0.273. The van der Waals surface area contributed by atoms with Crippen LogP contribution in [-0.2, 0) is 23.6 Å². The lowest BCUT2D eigenvalue weighted by Gasteiger charge is -2.12.